The van der Waals surface area contributed by atoms with Crippen molar-refractivity contribution in [1.82, 2.24) is 5.32 Å². The largest absolute Gasteiger partial charge is 0.312 e. The lowest BCUT2D eigenvalue weighted by Gasteiger charge is -2.17. The van der Waals surface area contributed by atoms with Gasteiger partial charge in [0.1, 0.15) is 5.82 Å². The number of nitrogens with one attached hydrogen (secondary N) is 1. The van der Waals surface area contributed by atoms with Crippen LogP contribution in [0.1, 0.15) is 17.2 Å². The summed E-state index contributed by atoms with van der Waals surface area (Å²) in [6, 6.07) is 15.3. The van der Waals surface area contributed by atoms with E-state index in [4.69, 9.17) is 0 Å². The lowest BCUT2D eigenvalue weighted by Crippen LogP contribution is -2.18. The molecule has 0 heterocycles. The van der Waals surface area contributed by atoms with Gasteiger partial charge < -0.3 is 5.32 Å². The Morgan fingerprint density at radius 1 is 1.11 bits per heavy atom. The van der Waals surface area contributed by atoms with Crippen LogP contribution < -0.4 is 5.32 Å². The Hall–Kier alpha value is -1.32. The second-order valence-corrected chi connectivity index (χ2v) is 5.53. The molecule has 0 aliphatic heterocycles. The van der Waals surface area contributed by atoms with Crippen LogP contribution in [0.2, 0.25) is 0 Å². The van der Waals surface area contributed by atoms with Crippen LogP contribution in [-0.4, -0.2) is 12.8 Å². The Morgan fingerprint density at radius 2 is 1.79 bits per heavy atom. The number of halogens is 1. The van der Waals surface area contributed by atoms with Gasteiger partial charge in [0.05, 0.1) is 0 Å². The summed E-state index contributed by atoms with van der Waals surface area (Å²) in [7, 11) is 1.94. The predicted molar refractivity (Wildman–Crippen MR) is 80.1 cm³/mol. The summed E-state index contributed by atoms with van der Waals surface area (Å²) >= 11 is 1.82. The minimum atomic E-state index is -0.190. The van der Waals surface area contributed by atoms with E-state index in [1.54, 1.807) is 0 Å². The van der Waals surface area contributed by atoms with Gasteiger partial charge in [-0.05, 0) is 43.3 Å². The van der Waals surface area contributed by atoms with Gasteiger partial charge in [-0.15, -0.1) is 11.8 Å². The molecule has 0 fully saturated rings. The number of hydrogen-bond acceptors (Lipinski definition) is 2. The second-order valence-electron chi connectivity index (χ2n) is 4.47. The molecule has 2 aromatic carbocycles. The van der Waals surface area contributed by atoms with Crippen molar-refractivity contribution >= 4 is 11.8 Å². The summed E-state index contributed by atoms with van der Waals surface area (Å²) in [4.78, 5) is 1.30. The van der Waals surface area contributed by atoms with Crippen LogP contribution in [0.15, 0.2) is 53.4 Å². The Bertz CT molecular complexity index is 525. The average Bonchev–Trinajstić information content (AvgIpc) is 2.43. The smallest absolute Gasteiger partial charge is 0.123 e. The zero-order chi connectivity index (χ0) is 13.7. The SMILES string of the molecule is CNC(CSc1ccccc1C)c1ccc(F)cc1. The van der Waals surface area contributed by atoms with Gasteiger partial charge in [-0.2, -0.15) is 0 Å². The predicted octanol–water partition coefficient (Wildman–Crippen LogP) is 4.19. The summed E-state index contributed by atoms with van der Waals surface area (Å²) in [5.41, 5.74) is 2.41. The van der Waals surface area contributed by atoms with Crippen molar-refractivity contribution in [2.75, 3.05) is 12.8 Å². The molecular formula is C16H18FNS. The van der Waals surface area contributed by atoms with Crippen molar-refractivity contribution in [3.63, 3.8) is 0 Å². The molecule has 3 heteroatoms. The normalized spacial score (nSPS) is 12.4. The highest BCUT2D eigenvalue weighted by atomic mass is 32.2. The van der Waals surface area contributed by atoms with Crippen LogP contribution in [-0.2, 0) is 0 Å². The summed E-state index contributed by atoms with van der Waals surface area (Å²) < 4.78 is 12.9. The molecule has 0 saturated carbocycles. The minimum Gasteiger partial charge on any atom is -0.312 e. The van der Waals surface area contributed by atoms with Crippen LogP contribution in [0.3, 0.4) is 0 Å². The van der Waals surface area contributed by atoms with E-state index in [1.807, 2.05) is 30.9 Å². The van der Waals surface area contributed by atoms with Gasteiger partial charge in [0, 0.05) is 16.7 Å². The van der Waals surface area contributed by atoms with Crippen LogP contribution in [0.5, 0.6) is 0 Å². The van der Waals surface area contributed by atoms with Crippen LogP contribution in [0.25, 0.3) is 0 Å². The first kappa shape index (κ1) is 14.1. The maximum Gasteiger partial charge on any atom is 0.123 e. The lowest BCUT2D eigenvalue weighted by molar-refractivity contribution is 0.620. The molecule has 0 aliphatic carbocycles. The fourth-order valence-corrected chi connectivity index (χ4v) is 3.11. The van der Waals surface area contributed by atoms with Crippen molar-refractivity contribution in [3.8, 4) is 0 Å². The highest BCUT2D eigenvalue weighted by Gasteiger charge is 2.10. The molecule has 0 saturated heterocycles. The topological polar surface area (TPSA) is 12.0 Å². The van der Waals surface area contributed by atoms with Gasteiger partial charge in [0.2, 0.25) is 0 Å². The first-order valence-electron chi connectivity index (χ1n) is 6.32. The van der Waals surface area contributed by atoms with E-state index in [0.717, 1.165) is 11.3 Å². The van der Waals surface area contributed by atoms with E-state index in [1.165, 1.54) is 22.6 Å². The number of hydrogen-bond donors (Lipinski definition) is 1. The first-order valence-corrected chi connectivity index (χ1v) is 7.30. The van der Waals surface area contributed by atoms with Gasteiger partial charge >= 0.3 is 0 Å². The zero-order valence-corrected chi connectivity index (χ0v) is 12.0. The molecule has 0 spiro atoms. The summed E-state index contributed by atoms with van der Waals surface area (Å²) in [6.07, 6.45) is 0. The van der Waals surface area contributed by atoms with Crippen LogP contribution in [0.4, 0.5) is 4.39 Å². The van der Waals surface area contributed by atoms with Gasteiger partial charge in [0.15, 0.2) is 0 Å². The third-order valence-electron chi connectivity index (χ3n) is 3.12. The van der Waals surface area contributed by atoms with Gasteiger partial charge in [-0.25, -0.2) is 4.39 Å². The van der Waals surface area contributed by atoms with E-state index in [-0.39, 0.29) is 11.9 Å². The molecule has 2 rings (SSSR count). The van der Waals surface area contributed by atoms with E-state index >= 15 is 0 Å². The second kappa shape index (κ2) is 6.73. The van der Waals surface area contributed by atoms with Crippen LogP contribution in [0, 0.1) is 12.7 Å². The number of thioether (sulfide) groups is 1. The molecule has 1 N–H and O–H groups in total. The monoisotopic (exact) mass is 275 g/mol. The third-order valence-corrected chi connectivity index (χ3v) is 4.39. The molecule has 0 amide bonds. The Kier molecular flexibility index (Phi) is 5.00. The average molecular weight is 275 g/mol. The highest BCUT2D eigenvalue weighted by Crippen LogP contribution is 2.27. The molecule has 0 aliphatic rings. The van der Waals surface area contributed by atoms with Gasteiger partial charge in [-0.3, -0.25) is 0 Å². The Morgan fingerprint density at radius 3 is 2.42 bits per heavy atom. The molecule has 100 valence electrons. The molecule has 2 aromatic rings. The van der Waals surface area contributed by atoms with Crippen molar-refractivity contribution < 1.29 is 4.39 Å². The summed E-state index contributed by atoms with van der Waals surface area (Å²) in [5, 5.41) is 3.28. The summed E-state index contributed by atoms with van der Waals surface area (Å²) in [6.45, 7) is 2.12. The number of aryl methyl sites for hydroxylation is 1. The van der Waals surface area contributed by atoms with E-state index in [9.17, 15) is 4.39 Å². The van der Waals surface area contributed by atoms with Crippen molar-refractivity contribution in [2.45, 2.75) is 17.9 Å². The zero-order valence-electron chi connectivity index (χ0n) is 11.2. The van der Waals surface area contributed by atoms with Crippen molar-refractivity contribution in [3.05, 3.63) is 65.5 Å². The molecule has 1 atom stereocenters. The van der Waals surface area contributed by atoms with E-state index in [0.29, 0.717) is 0 Å². The maximum atomic E-state index is 12.9. The third kappa shape index (κ3) is 3.82. The van der Waals surface area contributed by atoms with Crippen molar-refractivity contribution in [2.24, 2.45) is 0 Å². The lowest BCUT2D eigenvalue weighted by atomic mass is 10.1. The molecule has 1 unspecified atom stereocenters. The molecule has 0 aromatic heterocycles. The standard InChI is InChI=1S/C16H18FNS/c1-12-5-3-4-6-16(12)19-11-15(18-2)13-7-9-14(17)10-8-13/h3-10,15,18H,11H2,1-2H3. The molecule has 0 bridgehead atoms. The minimum absolute atomic E-state index is 0.190. The van der Waals surface area contributed by atoms with Gasteiger partial charge in [0.25, 0.3) is 0 Å². The molecule has 1 nitrogen and oxygen atoms in total. The quantitative estimate of drug-likeness (QED) is 0.821. The molecule has 0 radical (unpaired) electrons. The van der Waals surface area contributed by atoms with Crippen LogP contribution >= 0.6 is 11.8 Å². The molecular weight excluding hydrogens is 257 g/mol. The fraction of sp³-hybridized carbons (Fsp3) is 0.250. The molecule has 19 heavy (non-hydrogen) atoms. The number of benzene rings is 2. The van der Waals surface area contributed by atoms with E-state index < -0.39 is 0 Å². The highest BCUT2D eigenvalue weighted by molar-refractivity contribution is 7.99. The fourth-order valence-electron chi connectivity index (χ4n) is 1.93. The van der Waals surface area contributed by atoms with Gasteiger partial charge in [-0.1, -0.05) is 30.3 Å². The Labute approximate surface area is 118 Å². The summed E-state index contributed by atoms with van der Waals surface area (Å²) in [5.74, 6) is 0.734. The van der Waals surface area contributed by atoms with E-state index in [2.05, 4.69) is 36.5 Å². The Balaban J connectivity index is 2.04. The first-order chi connectivity index (χ1) is 9.20. The van der Waals surface area contributed by atoms with Crippen molar-refractivity contribution in [1.29, 1.82) is 0 Å². The maximum absolute atomic E-state index is 12.9. The number of rotatable bonds is 5.